The Labute approximate surface area is 194 Å². The SMILES string of the molecule is Cc1cc(NC(=O)[C@H](c2ccccc2)N2CCN(S(=O)(=O)N3C[C@@H](C)O[C@H](C)C3)CC2)no1. The number of nitrogens with zero attached hydrogens (tertiary/aromatic N) is 4. The average molecular weight is 478 g/mol. The number of nitrogens with one attached hydrogen (secondary N) is 1. The molecular weight excluding hydrogens is 446 g/mol. The Hall–Kier alpha value is -2.31. The van der Waals surface area contributed by atoms with E-state index in [1.54, 1.807) is 13.0 Å². The standard InChI is InChI=1S/C22H31N5O5S/c1-16-13-20(24-32-16)23-22(28)21(19-7-5-4-6-8-19)25-9-11-26(12-10-25)33(29,30)27-14-17(2)31-18(3)15-27/h4-8,13,17-18,21H,9-12,14-15H2,1-3H3,(H,23,24,28)/t17-,18-,21+/m1/s1. The molecule has 11 heteroatoms. The quantitative estimate of drug-likeness (QED) is 0.674. The molecule has 3 heterocycles. The molecule has 0 spiro atoms. The number of carbonyl (C=O) groups is 1. The lowest BCUT2D eigenvalue weighted by Gasteiger charge is -2.41. The van der Waals surface area contributed by atoms with Gasteiger partial charge in [0.05, 0.1) is 12.2 Å². The van der Waals surface area contributed by atoms with E-state index in [1.165, 1.54) is 8.61 Å². The molecule has 1 N–H and O–H groups in total. The zero-order chi connectivity index (χ0) is 23.6. The van der Waals surface area contributed by atoms with Crippen molar-refractivity contribution in [3.05, 3.63) is 47.7 Å². The molecule has 0 radical (unpaired) electrons. The largest absolute Gasteiger partial charge is 0.373 e. The number of rotatable bonds is 6. The summed E-state index contributed by atoms with van der Waals surface area (Å²) in [5.41, 5.74) is 0.836. The summed E-state index contributed by atoms with van der Waals surface area (Å²) in [5.74, 6) is 0.726. The van der Waals surface area contributed by atoms with Gasteiger partial charge < -0.3 is 14.6 Å². The summed E-state index contributed by atoms with van der Waals surface area (Å²) in [6.07, 6.45) is -0.285. The van der Waals surface area contributed by atoms with Crippen LogP contribution in [-0.2, 0) is 19.7 Å². The second-order valence-electron chi connectivity index (χ2n) is 8.64. The van der Waals surface area contributed by atoms with Gasteiger partial charge in [-0.3, -0.25) is 9.69 Å². The topological polar surface area (TPSA) is 108 Å². The van der Waals surface area contributed by atoms with Gasteiger partial charge in [-0.05, 0) is 26.3 Å². The van der Waals surface area contributed by atoms with Gasteiger partial charge in [-0.1, -0.05) is 35.5 Å². The third kappa shape index (κ3) is 5.44. The van der Waals surface area contributed by atoms with Crippen LogP contribution in [0.3, 0.4) is 0 Å². The van der Waals surface area contributed by atoms with E-state index in [9.17, 15) is 13.2 Å². The van der Waals surface area contributed by atoms with E-state index in [-0.39, 0.29) is 18.1 Å². The fourth-order valence-corrected chi connectivity index (χ4v) is 6.21. The molecule has 2 saturated heterocycles. The first kappa shape index (κ1) is 23.8. The number of morpholine rings is 1. The van der Waals surface area contributed by atoms with Gasteiger partial charge in [-0.15, -0.1) is 0 Å². The normalized spacial score (nSPS) is 24.5. The monoisotopic (exact) mass is 477 g/mol. The molecule has 0 aliphatic carbocycles. The van der Waals surface area contributed by atoms with Gasteiger partial charge in [0.2, 0.25) is 5.91 Å². The van der Waals surface area contributed by atoms with E-state index in [0.717, 1.165) is 5.56 Å². The van der Waals surface area contributed by atoms with Crippen LogP contribution in [0.25, 0.3) is 0 Å². The highest BCUT2D eigenvalue weighted by atomic mass is 32.2. The number of ether oxygens (including phenoxy) is 1. The lowest BCUT2D eigenvalue weighted by Crippen LogP contribution is -2.58. The molecule has 0 unspecified atom stereocenters. The molecule has 10 nitrogen and oxygen atoms in total. The van der Waals surface area contributed by atoms with Crippen LogP contribution in [0.2, 0.25) is 0 Å². The summed E-state index contributed by atoms with van der Waals surface area (Å²) in [7, 11) is -3.59. The molecule has 2 aromatic rings. The van der Waals surface area contributed by atoms with Gasteiger partial charge in [-0.2, -0.15) is 17.0 Å². The summed E-state index contributed by atoms with van der Waals surface area (Å²) >= 11 is 0. The fraction of sp³-hybridized carbons (Fsp3) is 0.545. The van der Waals surface area contributed by atoms with E-state index < -0.39 is 16.3 Å². The second kappa shape index (κ2) is 9.90. The first-order chi connectivity index (χ1) is 15.7. The molecule has 0 saturated carbocycles. The maximum Gasteiger partial charge on any atom is 0.282 e. The molecule has 0 bridgehead atoms. The fourth-order valence-electron chi connectivity index (χ4n) is 4.46. The maximum atomic E-state index is 13.2. The van der Waals surface area contributed by atoms with Crippen LogP contribution in [0.1, 0.15) is 31.2 Å². The first-order valence-electron chi connectivity index (χ1n) is 11.2. The Kier molecular flexibility index (Phi) is 7.15. The van der Waals surface area contributed by atoms with Crippen LogP contribution in [0.4, 0.5) is 5.82 Å². The summed E-state index contributed by atoms with van der Waals surface area (Å²) in [6, 6.07) is 10.6. The van der Waals surface area contributed by atoms with Gasteiger partial charge in [0.1, 0.15) is 11.8 Å². The minimum atomic E-state index is -3.59. The number of amides is 1. The number of hydrogen-bond acceptors (Lipinski definition) is 7. The van der Waals surface area contributed by atoms with Crippen molar-refractivity contribution in [2.75, 3.05) is 44.6 Å². The molecular formula is C22H31N5O5S. The van der Waals surface area contributed by atoms with Gasteiger partial charge >= 0.3 is 0 Å². The number of aryl methyl sites for hydroxylation is 1. The highest BCUT2D eigenvalue weighted by molar-refractivity contribution is 7.86. The number of carbonyl (C=O) groups excluding carboxylic acids is 1. The maximum absolute atomic E-state index is 13.2. The Balaban J connectivity index is 1.47. The lowest BCUT2D eigenvalue weighted by atomic mass is 10.0. The molecule has 2 fully saturated rings. The summed E-state index contributed by atoms with van der Waals surface area (Å²) in [6.45, 7) is 7.69. The Bertz CT molecular complexity index is 1040. The Morgan fingerprint density at radius 1 is 1.06 bits per heavy atom. The predicted octanol–water partition coefficient (Wildman–Crippen LogP) is 1.63. The average Bonchev–Trinajstić information content (AvgIpc) is 3.19. The zero-order valence-electron chi connectivity index (χ0n) is 19.2. The summed E-state index contributed by atoms with van der Waals surface area (Å²) in [5, 5.41) is 6.68. The Morgan fingerprint density at radius 3 is 2.27 bits per heavy atom. The molecule has 180 valence electrons. The first-order valence-corrected chi connectivity index (χ1v) is 12.6. The van der Waals surface area contributed by atoms with Crippen molar-refractivity contribution in [1.82, 2.24) is 18.7 Å². The van der Waals surface area contributed by atoms with E-state index in [0.29, 0.717) is 50.8 Å². The summed E-state index contributed by atoms with van der Waals surface area (Å²) in [4.78, 5) is 15.2. The van der Waals surface area contributed by atoms with Crippen LogP contribution in [0, 0.1) is 6.92 Å². The molecule has 4 rings (SSSR count). The number of benzene rings is 1. The van der Waals surface area contributed by atoms with Crippen molar-refractivity contribution < 1.29 is 22.5 Å². The van der Waals surface area contributed by atoms with E-state index >= 15 is 0 Å². The molecule has 33 heavy (non-hydrogen) atoms. The Morgan fingerprint density at radius 2 is 1.70 bits per heavy atom. The highest BCUT2D eigenvalue weighted by Crippen LogP contribution is 2.26. The number of piperazine rings is 1. The van der Waals surface area contributed by atoms with Crippen LogP contribution >= 0.6 is 0 Å². The van der Waals surface area contributed by atoms with Crippen molar-refractivity contribution in [2.45, 2.75) is 39.0 Å². The van der Waals surface area contributed by atoms with E-state index in [1.807, 2.05) is 49.1 Å². The minimum absolute atomic E-state index is 0.142. The highest BCUT2D eigenvalue weighted by Gasteiger charge is 2.39. The van der Waals surface area contributed by atoms with E-state index in [4.69, 9.17) is 9.26 Å². The molecule has 2 aliphatic heterocycles. The van der Waals surface area contributed by atoms with Crippen molar-refractivity contribution in [3.8, 4) is 0 Å². The third-order valence-electron chi connectivity index (χ3n) is 5.92. The lowest BCUT2D eigenvalue weighted by molar-refractivity contribution is -0.122. The van der Waals surface area contributed by atoms with Crippen molar-refractivity contribution >= 4 is 21.9 Å². The zero-order valence-corrected chi connectivity index (χ0v) is 20.0. The van der Waals surface area contributed by atoms with E-state index in [2.05, 4.69) is 10.5 Å². The van der Waals surface area contributed by atoms with Gasteiger partial charge in [-0.25, -0.2) is 0 Å². The summed E-state index contributed by atoms with van der Waals surface area (Å²) < 4.78 is 40.2. The van der Waals surface area contributed by atoms with Gasteiger partial charge in [0.15, 0.2) is 5.82 Å². The van der Waals surface area contributed by atoms with Crippen LogP contribution in [-0.4, -0.2) is 84.5 Å². The van der Waals surface area contributed by atoms with Crippen LogP contribution < -0.4 is 5.32 Å². The van der Waals surface area contributed by atoms with Crippen LogP contribution in [0.15, 0.2) is 40.9 Å². The number of aromatic nitrogens is 1. The molecule has 2 aliphatic rings. The number of hydrogen-bond donors (Lipinski definition) is 1. The smallest absolute Gasteiger partial charge is 0.282 e. The van der Waals surface area contributed by atoms with Gasteiger partial charge in [0, 0.05) is 45.3 Å². The van der Waals surface area contributed by atoms with Crippen molar-refractivity contribution in [3.63, 3.8) is 0 Å². The van der Waals surface area contributed by atoms with Crippen molar-refractivity contribution in [2.24, 2.45) is 0 Å². The van der Waals surface area contributed by atoms with Crippen LogP contribution in [0.5, 0.6) is 0 Å². The third-order valence-corrected chi connectivity index (χ3v) is 7.89. The second-order valence-corrected chi connectivity index (χ2v) is 10.6. The minimum Gasteiger partial charge on any atom is -0.373 e. The molecule has 1 amide bonds. The predicted molar refractivity (Wildman–Crippen MR) is 123 cm³/mol. The molecule has 3 atom stereocenters. The molecule has 1 aromatic heterocycles. The molecule has 1 aromatic carbocycles. The number of anilines is 1. The van der Waals surface area contributed by atoms with Gasteiger partial charge in [0.25, 0.3) is 10.2 Å². The van der Waals surface area contributed by atoms with Crippen molar-refractivity contribution in [1.29, 1.82) is 0 Å².